The van der Waals surface area contributed by atoms with E-state index in [2.05, 4.69) is 5.92 Å². The van der Waals surface area contributed by atoms with Gasteiger partial charge in [0.25, 0.3) is 5.91 Å². The molecule has 0 aromatic carbocycles. The van der Waals surface area contributed by atoms with Gasteiger partial charge in [0.1, 0.15) is 0 Å². The van der Waals surface area contributed by atoms with Crippen LogP contribution in [0.3, 0.4) is 0 Å². The molecule has 1 unspecified atom stereocenters. The Morgan fingerprint density at radius 2 is 2.54 bits per heavy atom. The lowest BCUT2D eigenvalue weighted by atomic mass is 10.3. The predicted molar refractivity (Wildman–Crippen MR) is 45.6 cm³/mol. The van der Waals surface area contributed by atoms with Crippen molar-refractivity contribution < 1.29 is 14.3 Å². The van der Waals surface area contributed by atoms with Crippen LogP contribution in [0.2, 0.25) is 0 Å². The Morgan fingerprint density at radius 3 is 3.08 bits per heavy atom. The normalized spacial score (nSPS) is 21.4. The van der Waals surface area contributed by atoms with Gasteiger partial charge < -0.3 is 9.64 Å². The van der Waals surface area contributed by atoms with Gasteiger partial charge in [-0.1, -0.05) is 5.92 Å². The van der Waals surface area contributed by atoms with Gasteiger partial charge in [-0.3, -0.25) is 9.59 Å². The van der Waals surface area contributed by atoms with Crippen LogP contribution in [0.5, 0.6) is 0 Å². The molecule has 1 aliphatic rings. The van der Waals surface area contributed by atoms with E-state index < -0.39 is 12.1 Å². The quantitative estimate of drug-likeness (QED) is 0.437. The van der Waals surface area contributed by atoms with E-state index in [4.69, 9.17) is 11.2 Å². The second kappa shape index (κ2) is 3.94. The Morgan fingerprint density at radius 1 is 1.85 bits per heavy atom. The summed E-state index contributed by atoms with van der Waals surface area (Å²) >= 11 is 0. The number of ether oxygens (including phenoxy) is 1. The van der Waals surface area contributed by atoms with Gasteiger partial charge in [0, 0.05) is 19.9 Å². The molecule has 0 aromatic heterocycles. The molecule has 1 heterocycles. The van der Waals surface area contributed by atoms with Gasteiger partial charge in [-0.25, -0.2) is 0 Å². The summed E-state index contributed by atoms with van der Waals surface area (Å²) in [6.07, 6.45) is 4.99. The molecule has 4 nitrogen and oxygen atoms in total. The zero-order chi connectivity index (χ0) is 9.84. The highest BCUT2D eigenvalue weighted by Gasteiger charge is 2.33. The molecule has 1 saturated heterocycles. The van der Waals surface area contributed by atoms with Crippen LogP contribution in [0.15, 0.2) is 0 Å². The zero-order valence-electron chi connectivity index (χ0n) is 7.45. The minimum absolute atomic E-state index is 0.187. The summed E-state index contributed by atoms with van der Waals surface area (Å²) in [5, 5.41) is 0. The maximum atomic E-state index is 11.4. The molecule has 0 N–H and O–H groups in total. The Bertz CT molecular complexity index is 267. The van der Waals surface area contributed by atoms with Gasteiger partial charge in [-0.05, 0) is 0 Å². The first-order valence-corrected chi connectivity index (χ1v) is 4.04. The first-order valence-electron chi connectivity index (χ1n) is 4.04. The third kappa shape index (κ3) is 2.22. The van der Waals surface area contributed by atoms with Crippen molar-refractivity contribution in [3.05, 3.63) is 0 Å². The summed E-state index contributed by atoms with van der Waals surface area (Å²) in [6, 6.07) is 0. The van der Waals surface area contributed by atoms with Gasteiger partial charge in [0.2, 0.25) is 0 Å². The van der Waals surface area contributed by atoms with Crippen molar-refractivity contribution in [2.24, 2.45) is 0 Å². The first-order chi connectivity index (χ1) is 6.15. The number of nitrogens with zero attached hydrogens (tertiary/aromatic N) is 1. The maximum Gasteiger partial charge on any atom is 0.303 e. The number of terminal acetylenes is 1. The second-order valence-corrected chi connectivity index (χ2v) is 2.85. The second-order valence-electron chi connectivity index (χ2n) is 2.85. The summed E-state index contributed by atoms with van der Waals surface area (Å²) < 4.78 is 4.80. The summed E-state index contributed by atoms with van der Waals surface area (Å²) in [6.45, 7) is 2.15. The summed E-state index contributed by atoms with van der Waals surface area (Å²) in [7, 11) is 0. The van der Waals surface area contributed by atoms with Crippen LogP contribution in [-0.4, -0.2) is 36.0 Å². The van der Waals surface area contributed by atoms with Gasteiger partial charge in [-0.2, -0.15) is 0 Å². The average Bonchev–Trinajstić information content (AvgIpc) is 2.36. The van der Waals surface area contributed by atoms with Crippen molar-refractivity contribution in [3.8, 4) is 12.3 Å². The molecule has 0 saturated carbocycles. The largest absolute Gasteiger partial charge is 0.452 e. The van der Waals surface area contributed by atoms with Crippen molar-refractivity contribution in [3.63, 3.8) is 0 Å². The van der Waals surface area contributed by atoms with Crippen LogP contribution >= 0.6 is 0 Å². The summed E-state index contributed by atoms with van der Waals surface area (Å²) in [4.78, 5) is 23.5. The van der Waals surface area contributed by atoms with Crippen LogP contribution in [0, 0.1) is 12.3 Å². The first kappa shape index (κ1) is 9.59. The highest BCUT2D eigenvalue weighted by molar-refractivity contribution is 5.85. The molecule has 70 valence electrons. The Balaban J connectivity index is 2.51. The van der Waals surface area contributed by atoms with Crippen molar-refractivity contribution in [2.75, 3.05) is 13.1 Å². The smallest absolute Gasteiger partial charge is 0.303 e. The van der Waals surface area contributed by atoms with Gasteiger partial charge >= 0.3 is 5.97 Å². The third-order valence-corrected chi connectivity index (χ3v) is 1.84. The molecule has 1 amide bonds. The van der Waals surface area contributed by atoms with Gasteiger partial charge in [0.15, 0.2) is 6.10 Å². The number of hydrogen-bond acceptors (Lipinski definition) is 3. The lowest BCUT2D eigenvalue weighted by Gasteiger charge is -2.12. The molecule has 1 rings (SSSR count). The Labute approximate surface area is 76.8 Å². The molecule has 1 atom stereocenters. The molecular weight excluding hydrogens is 170 g/mol. The molecule has 0 aromatic rings. The van der Waals surface area contributed by atoms with Crippen molar-refractivity contribution in [2.45, 2.75) is 19.4 Å². The topological polar surface area (TPSA) is 46.6 Å². The molecule has 0 aliphatic carbocycles. The number of rotatable bonds is 2. The number of carbonyl (C=O) groups is 2. The minimum Gasteiger partial charge on any atom is -0.452 e. The van der Waals surface area contributed by atoms with Crippen molar-refractivity contribution in [1.82, 2.24) is 4.90 Å². The molecule has 1 aliphatic heterocycles. The van der Waals surface area contributed by atoms with Crippen LogP contribution in [-0.2, 0) is 14.3 Å². The number of esters is 1. The number of hydrogen-bond donors (Lipinski definition) is 0. The van der Waals surface area contributed by atoms with E-state index >= 15 is 0 Å². The van der Waals surface area contributed by atoms with Crippen LogP contribution in [0.25, 0.3) is 0 Å². The fourth-order valence-electron chi connectivity index (χ4n) is 1.29. The fraction of sp³-hybridized carbons (Fsp3) is 0.556. The number of amides is 1. The molecule has 13 heavy (non-hydrogen) atoms. The monoisotopic (exact) mass is 181 g/mol. The average molecular weight is 181 g/mol. The Kier molecular flexibility index (Phi) is 2.91. The highest BCUT2D eigenvalue weighted by Crippen LogP contribution is 2.13. The van der Waals surface area contributed by atoms with Gasteiger partial charge in [0.05, 0.1) is 6.54 Å². The molecule has 1 fully saturated rings. The van der Waals surface area contributed by atoms with E-state index in [1.165, 1.54) is 11.8 Å². The third-order valence-electron chi connectivity index (χ3n) is 1.84. The predicted octanol–water partition coefficient (Wildman–Crippen LogP) is -0.216. The lowest BCUT2D eigenvalue weighted by molar-refractivity contribution is -0.154. The van der Waals surface area contributed by atoms with Crippen molar-refractivity contribution >= 4 is 11.9 Å². The van der Waals surface area contributed by atoms with E-state index in [0.717, 1.165) is 0 Å². The van der Waals surface area contributed by atoms with E-state index in [0.29, 0.717) is 13.0 Å². The SMILES string of the molecule is C#CCN1CCC(OC(C)=O)C1=O. The summed E-state index contributed by atoms with van der Waals surface area (Å²) in [5.41, 5.74) is 0. The lowest BCUT2D eigenvalue weighted by Crippen LogP contribution is -2.31. The minimum atomic E-state index is -0.620. The van der Waals surface area contributed by atoms with E-state index in [9.17, 15) is 9.59 Å². The number of likely N-dealkylation sites (tertiary alicyclic amines) is 1. The van der Waals surface area contributed by atoms with E-state index in [-0.39, 0.29) is 12.5 Å². The van der Waals surface area contributed by atoms with E-state index in [1.807, 2.05) is 0 Å². The van der Waals surface area contributed by atoms with Crippen LogP contribution in [0.1, 0.15) is 13.3 Å². The van der Waals surface area contributed by atoms with Crippen LogP contribution < -0.4 is 0 Å². The highest BCUT2D eigenvalue weighted by atomic mass is 16.5. The Hall–Kier alpha value is -1.50. The summed E-state index contributed by atoms with van der Waals surface area (Å²) in [5.74, 6) is 1.76. The molecule has 4 heteroatoms. The number of carbonyl (C=O) groups excluding carboxylic acids is 2. The van der Waals surface area contributed by atoms with E-state index in [1.54, 1.807) is 0 Å². The molecule has 0 bridgehead atoms. The van der Waals surface area contributed by atoms with Crippen molar-refractivity contribution in [1.29, 1.82) is 0 Å². The van der Waals surface area contributed by atoms with Crippen LogP contribution in [0.4, 0.5) is 0 Å². The fourth-order valence-corrected chi connectivity index (χ4v) is 1.29. The standard InChI is InChI=1S/C9H11NO3/c1-3-5-10-6-4-8(9(10)12)13-7(2)11/h1,8H,4-6H2,2H3. The maximum absolute atomic E-state index is 11.4. The molecule has 0 radical (unpaired) electrons. The molecular formula is C9H11NO3. The van der Waals surface area contributed by atoms with Gasteiger partial charge in [-0.15, -0.1) is 6.42 Å². The zero-order valence-corrected chi connectivity index (χ0v) is 7.45. The molecule has 0 spiro atoms.